The molecule has 5 aromatic heterocycles. The van der Waals surface area contributed by atoms with Crippen LogP contribution in [0.5, 0.6) is 0 Å². The molecule has 85 heavy (non-hydrogen) atoms. The second-order valence-corrected chi connectivity index (χ2v) is 35.0. The minimum Gasteiger partial charge on any atom is -0.407 e. The van der Waals surface area contributed by atoms with E-state index in [1.165, 1.54) is 10.9 Å². The summed E-state index contributed by atoms with van der Waals surface area (Å²) in [6.07, 6.45) is 12.6. The van der Waals surface area contributed by atoms with Gasteiger partial charge in [-0.1, -0.05) is 97.3 Å². The highest BCUT2D eigenvalue weighted by Crippen LogP contribution is 2.51. The van der Waals surface area contributed by atoms with E-state index >= 15 is 0 Å². The first-order valence-electron chi connectivity index (χ1n) is 29.1. The molecule has 2 saturated heterocycles. The summed E-state index contributed by atoms with van der Waals surface area (Å²) in [6.45, 7) is 33.8. The first kappa shape index (κ1) is 65.4. The molecule has 4 aliphatic rings. The number of benzene rings is 2. The van der Waals surface area contributed by atoms with E-state index in [9.17, 15) is 9.59 Å². The molecule has 454 valence electrons. The Kier molecular flexibility index (Phi) is 20.8. The van der Waals surface area contributed by atoms with Gasteiger partial charge in [-0.3, -0.25) is 9.36 Å². The van der Waals surface area contributed by atoms with Crippen molar-refractivity contribution in [3.8, 4) is 46.3 Å². The van der Waals surface area contributed by atoms with E-state index in [1.54, 1.807) is 19.4 Å². The van der Waals surface area contributed by atoms with Crippen LogP contribution in [0.3, 0.4) is 0 Å². The minimum absolute atomic E-state index is 0. The largest absolute Gasteiger partial charge is 0.407 e. The lowest BCUT2D eigenvalue weighted by Gasteiger charge is -2.38. The third kappa shape index (κ3) is 15.7. The van der Waals surface area contributed by atoms with Gasteiger partial charge in [0.1, 0.15) is 41.6 Å². The predicted octanol–water partition coefficient (Wildman–Crippen LogP) is 13.0. The minimum atomic E-state index is -1.92. The van der Waals surface area contributed by atoms with Gasteiger partial charge in [0.15, 0.2) is 28.2 Å². The number of carbonyl (C=O) groups is 2. The van der Waals surface area contributed by atoms with Gasteiger partial charge in [0.05, 0.1) is 13.1 Å². The van der Waals surface area contributed by atoms with E-state index in [0.717, 1.165) is 94.8 Å². The van der Waals surface area contributed by atoms with Gasteiger partial charge in [0.25, 0.3) is 0 Å². The second kappa shape index (κ2) is 27.1. The fourth-order valence-electron chi connectivity index (χ4n) is 10.4. The summed E-state index contributed by atoms with van der Waals surface area (Å²) in [4.78, 5) is 37.4. The number of likely N-dealkylation sites (tertiary alicyclic amines) is 1. The average molecular weight is 1190 g/mol. The Labute approximate surface area is 506 Å². The van der Waals surface area contributed by atoms with Gasteiger partial charge in [-0.25, -0.2) is 19.7 Å². The number of carbonyl (C=O) groups excluding carboxylic acids is 2. The Morgan fingerprint density at radius 3 is 1.51 bits per heavy atom. The molecule has 0 radical (unpaired) electrons. The van der Waals surface area contributed by atoms with Crippen LogP contribution >= 0.6 is 0 Å². The molecule has 19 heteroatoms. The zero-order chi connectivity index (χ0) is 59.4. The number of nitrogens with zero attached hydrogens (tertiary/aromatic N) is 9. The van der Waals surface area contributed by atoms with Crippen molar-refractivity contribution in [3.05, 3.63) is 138 Å². The molecule has 2 saturated carbocycles. The van der Waals surface area contributed by atoms with E-state index in [-0.39, 0.29) is 49.1 Å². The molecule has 2 amide bonds. The van der Waals surface area contributed by atoms with Gasteiger partial charge in [0.2, 0.25) is 5.91 Å². The molecular weight excluding hydrogens is 1100 g/mol. The van der Waals surface area contributed by atoms with Crippen molar-refractivity contribution >= 4 is 28.6 Å². The molecule has 0 spiro atoms. The molecule has 2 aliphatic carbocycles. The Balaban J connectivity index is 0.000000209. The summed E-state index contributed by atoms with van der Waals surface area (Å²) in [7, 11) is -2.25. The fourth-order valence-corrected chi connectivity index (χ4v) is 13.1. The number of rotatable bonds is 13. The van der Waals surface area contributed by atoms with Crippen LogP contribution in [-0.2, 0) is 26.7 Å². The van der Waals surface area contributed by atoms with Gasteiger partial charge in [-0.2, -0.15) is 0 Å². The maximum Gasteiger partial charge on any atom is 0.326 e. The molecule has 7 aromatic rings. The number of hydrogen-bond donors (Lipinski definition) is 2. The average Bonchev–Trinajstić information content (AvgIpc) is 1.75. The monoisotopic (exact) mass is 1190 g/mol. The molecular formula is C66H91N11O6Si2. The molecule has 2 aliphatic heterocycles. The maximum absolute atomic E-state index is 11.9. The molecule has 2 unspecified atom stereocenters. The van der Waals surface area contributed by atoms with Crippen molar-refractivity contribution in [1.29, 1.82) is 0 Å². The summed E-state index contributed by atoms with van der Waals surface area (Å²) in [5.74, 6) is 20.8. The summed E-state index contributed by atoms with van der Waals surface area (Å²) >= 11 is 0. The molecule has 4 fully saturated rings. The first-order chi connectivity index (χ1) is 39.4. The highest BCUT2D eigenvalue weighted by atomic mass is 28.4. The van der Waals surface area contributed by atoms with E-state index < -0.39 is 16.6 Å². The van der Waals surface area contributed by atoms with Crippen molar-refractivity contribution in [1.82, 2.24) is 54.5 Å². The Morgan fingerprint density at radius 2 is 1.12 bits per heavy atom. The van der Waals surface area contributed by atoms with Crippen molar-refractivity contribution in [2.24, 2.45) is 35.5 Å². The van der Waals surface area contributed by atoms with Crippen molar-refractivity contribution in [2.45, 2.75) is 145 Å². The smallest absolute Gasteiger partial charge is 0.326 e. The van der Waals surface area contributed by atoms with E-state index in [0.29, 0.717) is 43.2 Å². The van der Waals surface area contributed by atoms with Crippen LogP contribution in [0.2, 0.25) is 36.3 Å². The van der Waals surface area contributed by atoms with E-state index in [4.69, 9.17) is 17.9 Å². The summed E-state index contributed by atoms with van der Waals surface area (Å²) < 4.78 is 30.0. The van der Waals surface area contributed by atoms with Crippen molar-refractivity contribution in [2.75, 3.05) is 33.2 Å². The van der Waals surface area contributed by atoms with E-state index in [1.807, 2.05) is 73.0 Å². The SMILES string of the molecule is C.C.CCC(=O)N1C[C@@H]2C(C#Cc3ccc(-c4cc(Cn5ccnc5[C@H](C)O[Si](C)(C)C(C)(C)C)no4)cc3)[C@@H]2C1.CNC(=O)n1ccnc1.C[C@H](O[Si](C)(C)C(C)(C)C)c1nccn1Cc1cc(-c2ccc(C#CC3[C@H]4CNC[C@@H]34)cc2)on1. The number of hydrogen-bond acceptors (Lipinski definition) is 12. The maximum atomic E-state index is 11.9. The van der Waals surface area contributed by atoms with Crippen LogP contribution < -0.4 is 10.6 Å². The molecule has 2 N–H and O–H groups in total. The quantitative estimate of drug-likeness (QED) is 0.0823. The third-order valence-electron chi connectivity index (χ3n) is 17.6. The molecule has 2 aromatic carbocycles. The number of fused-ring (bicyclic) bond motifs is 2. The Bertz CT molecular complexity index is 3430. The number of amides is 2. The van der Waals surface area contributed by atoms with Crippen LogP contribution in [0.15, 0.2) is 113 Å². The van der Waals surface area contributed by atoms with Gasteiger partial charge < -0.3 is 42.6 Å². The van der Waals surface area contributed by atoms with Crippen molar-refractivity contribution < 1.29 is 27.5 Å². The van der Waals surface area contributed by atoms with Gasteiger partial charge in [-0.15, -0.1) is 0 Å². The highest BCUT2D eigenvalue weighted by Gasteiger charge is 2.56. The van der Waals surface area contributed by atoms with Gasteiger partial charge in [-0.05, 0) is 135 Å². The van der Waals surface area contributed by atoms with Crippen LogP contribution in [0, 0.1) is 59.2 Å². The molecule has 8 atom stereocenters. The summed E-state index contributed by atoms with van der Waals surface area (Å²) in [5.41, 5.74) is 5.70. The van der Waals surface area contributed by atoms with Gasteiger partial charge >= 0.3 is 6.03 Å². The number of nitrogens with one attached hydrogen (secondary N) is 2. The zero-order valence-electron chi connectivity index (χ0n) is 50.9. The molecule has 0 bridgehead atoms. The lowest BCUT2D eigenvalue weighted by Crippen LogP contribution is -2.41. The van der Waals surface area contributed by atoms with Crippen LogP contribution in [0.4, 0.5) is 4.79 Å². The lowest BCUT2D eigenvalue weighted by atomic mass is 10.1. The number of imidazole rings is 3. The third-order valence-corrected chi connectivity index (χ3v) is 26.7. The van der Waals surface area contributed by atoms with Crippen LogP contribution in [0.1, 0.15) is 130 Å². The normalized spacial score (nSPS) is 20.0. The van der Waals surface area contributed by atoms with Crippen LogP contribution in [0.25, 0.3) is 22.6 Å². The topological polar surface area (TPSA) is 185 Å². The lowest BCUT2D eigenvalue weighted by molar-refractivity contribution is -0.130. The summed E-state index contributed by atoms with van der Waals surface area (Å²) in [5, 5.41) is 14.8. The highest BCUT2D eigenvalue weighted by molar-refractivity contribution is 6.74. The standard InChI is InChI=1S/C31H40N4O3Si.C28H36N4O2Si.C5H7N3O.2CH4/c1-8-29(36)35-19-26-25(27(26)20-35)14-11-22-9-12-23(13-10-22)28-17-24(33-37-28)18-34-16-15-32-30(34)21(2)38-39(6,7)31(3,4)5;1-19(34-35(5,6)28(2,3)4)27-30-13-14-32(27)18-22-15-26(33-31-22)21-10-7-20(8-11-21)9-12-23-24-16-29-17-25(23)24;1-6-5(9)8-3-2-7-4-8;;/h9-10,12-13,15-17,21,25-27H,8,18-20H2,1-7H3;7-8,10-11,13-15,19,23-25,29H,16-18H2,1-6H3;2-4H,1H3,(H,6,9);2*1H4/t21-,25?,26-,27+;19-,23?,24-,25+;;;/m00.../s1. The molecule has 17 nitrogen and oxygen atoms in total. The zero-order valence-corrected chi connectivity index (χ0v) is 52.9. The Hall–Kier alpha value is -7.14. The molecule has 11 rings (SSSR count). The molecule has 7 heterocycles. The van der Waals surface area contributed by atoms with Gasteiger partial charge in [0, 0.05) is 110 Å². The number of piperidine rings is 2. The van der Waals surface area contributed by atoms with Crippen molar-refractivity contribution in [3.63, 3.8) is 0 Å². The fraction of sp³-hybridized carbons (Fsp3) is 0.500. The summed E-state index contributed by atoms with van der Waals surface area (Å²) in [6, 6.07) is 20.2. The van der Waals surface area contributed by atoms with E-state index in [2.05, 4.69) is 175 Å². The predicted molar refractivity (Wildman–Crippen MR) is 340 cm³/mol. The second-order valence-electron chi connectivity index (χ2n) is 25.5. The number of aromatic nitrogens is 8. The van der Waals surface area contributed by atoms with Crippen LogP contribution in [-0.4, -0.2) is 106 Å². The first-order valence-corrected chi connectivity index (χ1v) is 35.0. The Morgan fingerprint density at radius 1 is 0.682 bits per heavy atom.